The Kier molecular flexibility index (Phi) is 6.80. The van der Waals surface area contributed by atoms with Gasteiger partial charge in [0, 0.05) is 17.3 Å². The zero-order valence-corrected chi connectivity index (χ0v) is 15.9. The molecule has 150 valence electrons. The minimum Gasteiger partial charge on any atom is -0.493 e. The summed E-state index contributed by atoms with van der Waals surface area (Å²) in [4.78, 5) is 12.1. The van der Waals surface area contributed by atoms with Crippen molar-refractivity contribution in [2.75, 3.05) is 26.6 Å². The van der Waals surface area contributed by atoms with Gasteiger partial charge >= 0.3 is 6.18 Å². The molecule has 9 heteroatoms. The van der Waals surface area contributed by atoms with Crippen molar-refractivity contribution in [1.29, 1.82) is 0 Å². The van der Waals surface area contributed by atoms with Gasteiger partial charge in [0.25, 0.3) is 0 Å². The Morgan fingerprint density at radius 2 is 1.71 bits per heavy atom. The van der Waals surface area contributed by atoms with E-state index in [2.05, 4.69) is 5.32 Å². The molecule has 0 saturated carbocycles. The topological polar surface area (TPSA) is 56.8 Å². The third kappa shape index (κ3) is 4.89. The van der Waals surface area contributed by atoms with Crippen LogP contribution in [0.3, 0.4) is 0 Å². The highest BCUT2D eigenvalue weighted by Crippen LogP contribution is 2.40. The van der Waals surface area contributed by atoms with Crippen LogP contribution < -0.4 is 19.5 Å². The maximum absolute atomic E-state index is 12.9. The summed E-state index contributed by atoms with van der Waals surface area (Å²) in [6.07, 6.45) is -2.02. The highest BCUT2D eigenvalue weighted by Gasteiger charge is 2.33. The summed E-state index contributed by atoms with van der Waals surface area (Å²) in [5.74, 6) is 0.505. The van der Waals surface area contributed by atoms with Gasteiger partial charge in [-0.1, -0.05) is 11.6 Å². The summed E-state index contributed by atoms with van der Waals surface area (Å²) in [5.41, 5.74) is -0.550. The Morgan fingerprint density at radius 3 is 2.29 bits per heavy atom. The van der Waals surface area contributed by atoms with Gasteiger partial charge in [0.2, 0.25) is 11.7 Å². The molecule has 2 rings (SSSR count). The third-order valence-electron chi connectivity index (χ3n) is 3.69. The fraction of sp³-hybridized carbons (Fsp3) is 0.211. The van der Waals surface area contributed by atoms with Crippen molar-refractivity contribution in [1.82, 2.24) is 0 Å². The molecule has 0 fully saturated rings. The number of benzene rings is 2. The Hall–Kier alpha value is -2.87. The Morgan fingerprint density at radius 1 is 1.04 bits per heavy atom. The van der Waals surface area contributed by atoms with Crippen LogP contribution in [0.1, 0.15) is 11.1 Å². The first-order valence-corrected chi connectivity index (χ1v) is 8.23. The van der Waals surface area contributed by atoms with E-state index >= 15 is 0 Å². The predicted molar refractivity (Wildman–Crippen MR) is 100 cm³/mol. The normalized spacial score (nSPS) is 11.4. The molecule has 0 aliphatic carbocycles. The fourth-order valence-electron chi connectivity index (χ4n) is 2.43. The van der Waals surface area contributed by atoms with Gasteiger partial charge in [0.05, 0.1) is 31.9 Å². The van der Waals surface area contributed by atoms with E-state index in [-0.39, 0.29) is 5.69 Å². The summed E-state index contributed by atoms with van der Waals surface area (Å²) in [7, 11) is 4.35. The number of alkyl halides is 3. The smallest absolute Gasteiger partial charge is 0.417 e. The number of ether oxygens (including phenoxy) is 3. The van der Waals surface area contributed by atoms with Gasteiger partial charge in [-0.3, -0.25) is 4.79 Å². The van der Waals surface area contributed by atoms with Crippen molar-refractivity contribution in [2.24, 2.45) is 0 Å². The van der Waals surface area contributed by atoms with Crippen LogP contribution in [0.5, 0.6) is 17.2 Å². The second-order valence-electron chi connectivity index (χ2n) is 5.44. The van der Waals surface area contributed by atoms with Crippen molar-refractivity contribution < 1.29 is 32.2 Å². The minimum absolute atomic E-state index is 0.0364. The van der Waals surface area contributed by atoms with Crippen molar-refractivity contribution >= 4 is 29.3 Å². The van der Waals surface area contributed by atoms with Gasteiger partial charge in [-0.15, -0.1) is 0 Å². The average molecular weight is 416 g/mol. The molecule has 2 aromatic rings. The van der Waals surface area contributed by atoms with Crippen LogP contribution in [-0.2, 0) is 11.0 Å². The first-order chi connectivity index (χ1) is 13.2. The van der Waals surface area contributed by atoms with Crippen LogP contribution in [0.25, 0.3) is 6.08 Å². The number of amides is 1. The molecule has 5 nitrogen and oxygen atoms in total. The van der Waals surface area contributed by atoms with Crippen molar-refractivity contribution in [2.45, 2.75) is 6.18 Å². The number of carbonyl (C=O) groups excluding carboxylic acids is 1. The third-order valence-corrected chi connectivity index (χ3v) is 4.02. The molecule has 0 unspecified atom stereocenters. The zero-order valence-electron chi connectivity index (χ0n) is 15.2. The van der Waals surface area contributed by atoms with Crippen LogP contribution in [-0.4, -0.2) is 27.2 Å². The van der Waals surface area contributed by atoms with Gasteiger partial charge in [-0.25, -0.2) is 0 Å². The second-order valence-corrected chi connectivity index (χ2v) is 5.85. The molecular weight excluding hydrogens is 399 g/mol. The van der Waals surface area contributed by atoms with Crippen LogP contribution >= 0.6 is 11.6 Å². The predicted octanol–water partition coefficient (Wildman–Crippen LogP) is 5.04. The summed E-state index contributed by atoms with van der Waals surface area (Å²) >= 11 is 5.56. The molecular formula is C19H17ClF3NO4. The zero-order chi connectivity index (χ0) is 20.9. The van der Waals surface area contributed by atoms with Crippen molar-refractivity contribution in [3.05, 3.63) is 52.6 Å². The molecule has 0 aliphatic heterocycles. The van der Waals surface area contributed by atoms with E-state index in [9.17, 15) is 18.0 Å². The number of rotatable bonds is 6. The van der Waals surface area contributed by atoms with Crippen LogP contribution in [0.2, 0.25) is 5.02 Å². The molecule has 0 saturated heterocycles. The lowest BCUT2D eigenvalue weighted by Crippen LogP contribution is -2.11. The number of hydrogen-bond acceptors (Lipinski definition) is 4. The molecule has 0 spiro atoms. The average Bonchev–Trinajstić information content (AvgIpc) is 2.65. The van der Waals surface area contributed by atoms with Crippen molar-refractivity contribution in [3.63, 3.8) is 0 Å². The lowest BCUT2D eigenvalue weighted by Gasteiger charge is -2.14. The SMILES string of the molecule is COc1ccc(/C=C/C(=O)Nc2ccc(Cl)c(C(F)(F)F)c2)c(OC)c1OC. The molecule has 2 aromatic carbocycles. The molecule has 28 heavy (non-hydrogen) atoms. The van der Waals surface area contributed by atoms with Gasteiger partial charge in [-0.2, -0.15) is 13.2 Å². The summed E-state index contributed by atoms with van der Waals surface area (Å²) in [5, 5.41) is 1.91. The standard InChI is InChI=1S/C19H17ClF3NO4/c1-26-15-8-4-11(17(27-2)18(15)28-3)5-9-16(25)24-12-6-7-14(20)13(10-12)19(21,22)23/h4-10H,1-3H3,(H,24,25)/b9-5+. The van der Waals surface area contributed by atoms with E-state index in [1.54, 1.807) is 12.1 Å². The fourth-order valence-corrected chi connectivity index (χ4v) is 2.65. The Balaban J connectivity index is 2.23. The number of hydrogen-bond donors (Lipinski definition) is 1. The molecule has 0 heterocycles. The van der Waals surface area contributed by atoms with E-state index in [0.717, 1.165) is 18.2 Å². The lowest BCUT2D eigenvalue weighted by molar-refractivity contribution is -0.137. The van der Waals surface area contributed by atoms with Gasteiger partial charge in [0.1, 0.15) is 0 Å². The summed E-state index contributed by atoms with van der Waals surface area (Å²) in [6.45, 7) is 0. The van der Waals surface area contributed by atoms with Crippen molar-refractivity contribution in [3.8, 4) is 17.2 Å². The second kappa shape index (κ2) is 8.88. The number of anilines is 1. The molecule has 0 aromatic heterocycles. The Labute approximate surface area is 164 Å². The van der Waals surface area contributed by atoms with E-state index < -0.39 is 22.7 Å². The number of carbonyl (C=O) groups is 1. The number of methoxy groups -OCH3 is 3. The van der Waals surface area contributed by atoms with Gasteiger partial charge in [0.15, 0.2) is 11.5 Å². The lowest BCUT2D eigenvalue weighted by atomic mass is 10.1. The summed E-state index contributed by atoms with van der Waals surface area (Å²) in [6, 6.07) is 6.40. The Bertz CT molecular complexity index is 897. The number of nitrogens with one attached hydrogen (secondary N) is 1. The first-order valence-electron chi connectivity index (χ1n) is 7.86. The number of halogens is 4. The largest absolute Gasteiger partial charge is 0.493 e. The molecule has 0 aliphatic rings. The van der Waals surface area contributed by atoms with Crippen LogP contribution in [0, 0.1) is 0 Å². The molecule has 0 bridgehead atoms. The molecule has 0 atom stereocenters. The highest BCUT2D eigenvalue weighted by molar-refractivity contribution is 6.31. The molecule has 1 N–H and O–H groups in total. The van der Waals surface area contributed by atoms with E-state index in [4.69, 9.17) is 25.8 Å². The van der Waals surface area contributed by atoms with E-state index in [1.165, 1.54) is 33.5 Å². The summed E-state index contributed by atoms with van der Waals surface area (Å²) < 4.78 is 54.4. The van der Waals surface area contributed by atoms with E-state index in [1.807, 2.05) is 0 Å². The molecule has 0 radical (unpaired) electrons. The van der Waals surface area contributed by atoms with E-state index in [0.29, 0.717) is 22.8 Å². The maximum atomic E-state index is 12.9. The van der Waals surface area contributed by atoms with Crippen LogP contribution in [0.4, 0.5) is 18.9 Å². The maximum Gasteiger partial charge on any atom is 0.417 e. The monoisotopic (exact) mass is 415 g/mol. The highest BCUT2D eigenvalue weighted by atomic mass is 35.5. The van der Waals surface area contributed by atoms with Gasteiger partial charge < -0.3 is 19.5 Å². The first kappa shape index (κ1) is 21.4. The quantitative estimate of drug-likeness (QED) is 0.672. The van der Waals surface area contributed by atoms with Crippen LogP contribution in [0.15, 0.2) is 36.4 Å². The molecule has 1 amide bonds. The minimum atomic E-state index is -4.62. The van der Waals surface area contributed by atoms with Gasteiger partial charge in [-0.05, 0) is 36.4 Å².